The molecule has 0 unspecified atom stereocenters. The average Bonchev–Trinajstić information content (AvgIpc) is 2.76. The number of hydrogen-bond donors (Lipinski definition) is 0. The van der Waals surface area contributed by atoms with Gasteiger partial charge in [0.15, 0.2) is 0 Å². The van der Waals surface area contributed by atoms with Gasteiger partial charge in [0.1, 0.15) is 24.5 Å². The molecule has 0 N–H and O–H groups in total. The Labute approximate surface area is 166 Å². The summed E-state index contributed by atoms with van der Waals surface area (Å²) in [5.74, 6) is 0.349. The molecule has 3 heterocycles. The van der Waals surface area contributed by atoms with Gasteiger partial charge in [-0.3, -0.25) is 14.2 Å². The lowest BCUT2D eigenvalue weighted by Crippen LogP contribution is -2.50. The van der Waals surface area contributed by atoms with E-state index in [1.54, 1.807) is 17.0 Å². The highest BCUT2D eigenvalue weighted by atomic mass is 19.1. The van der Waals surface area contributed by atoms with Crippen molar-refractivity contribution >= 4 is 11.7 Å². The molecule has 2 aromatic heterocycles. The molecule has 0 aliphatic carbocycles. The van der Waals surface area contributed by atoms with Crippen LogP contribution in [0.4, 0.5) is 10.2 Å². The molecule has 0 spiro atoms. The molecule has 1 amide bonds. The van der Waals surface area contributed by atoms with Gasteiger partial charge in [0.05, 0.1) is 12.0 Å². The van der Waals surface area contributed by atoms with Gasteiger partial charge in [-0.25, -0.2) is 19.3 Å². The van der Waals surface area contributed by atoms with E-state index in [2.05, 4.69) is 19.9 Å². The maximum absolute atomic E-state index is 13.1. The van der Waals surface area contributed by atoms with Crippen LogP contribution in [0, 0.1) is 5.82 Å². The van der Waals surface area contributed by atoms with E-state index >= 15 is 0 Å². The first-order valence-corrected chi connectivity index (χ1v) is 9.21. The minimum absolute atomic E-state index is 0.0190. The summed E-state index contributed by atoms with van der Waals surface area (Å²) in [4.78, 5) is 40.5. The van der Waals surface area contributed by atoms with Gasteiger partial charge in [-0.2, -0.15) is 0 Å². The number of carbonyl (C=O) groups is 1. The van der Waals surface area contributed by atoms with Gasteiger partial charge < -0.3 is 9.80 Å². The predicted molar refractivity (Wildman–Crippen MR) is 105 cm³/mol. The summed E-state index contributed by atoms with van der Waals surface area (Å²) >= 11 is 0. The van der Waals surface area contributed by atoms with E-state index in [-0.39, 0.29) is 23.8 Å². The molecule has 1 aliphatic rings. The largest absolute Gasteiger partial charge is 0.353 e. The average molecular weight is 394 g/mol. The molecule has 0 saturated carbocycles. The van der Waals surface area contributed by atoms with Gasteiger partial charge in [0.2, 0.25) is 5.91 Å². The lowest BCUT2D eigenvalue weighted by atomic mass is 10.1. The highest BCUT2D eigenvalue weighted by Crippen LogP contribution is 2.22. The number of benzene rings is 1. The summed E-state index contributed by atoms with van der Waals surface area (Å²) in [7, 11) is 0. The van der Waals surface area contributed by atoms with Crippen molar-refractivity contribution in [3.63, 3.8) is 0 Å². The number of rotatable bonds is 4. The Morgan fingerprint density at radius 1 is 1.03 bits per heavy atom. The summed E-state index contributed by atoms with van der Waals surface area (Å²) in [5, 5.41) is 0. The van der Waals surface area contributed by atoms with Gasteiger partial charge >= 0.3 is 0 Å². The summed E-state index contributed by atoms with van der Waals surface area (Å²) in [6.07, 6.45) is 4.26. The van der Waals surface area contributed by atoms with Crippen molar-refractivity contribution in [2.45, 2.75) is 6.54 Å². The number of halogens is 1. The first-order valence-electron chi connectivity index (χ1n) is 9.21. The van der Waals surface area contributed by atoms with Crippen LogP contribution in [0.15, 0.2) is 60.0 Å². The van der Waals surface area contributed by atoms with E-state index in [4.69, 9.17) is 0 Å². The fourth-order valence-corrected chi connectivity index (χ4v) is 3.23. The van der Waals surface area contributed by atoms with Crippen LogP contribution in [0.2, 0.25) is 0 Å². The summed E-state index contributed by atoms with van der Waals surface area (Å²) < 4.78 is 14.4. The number of carbonyl (C=O) groups excluding carboxylic acids is 1. The maximum Gasteiger partial charge on any atom is 0.253 e. The van der Waals surface area contributed by atoms with Gasteiger partial charge in [-0.05, 0) is 24.3 Å². The molecule has 1 fully saturated rings. The van der Waals surface area contributed by atoms with E-state index in [0.717, 1.165) is 11.4 Å². The summed E-state index contributed by atoms with van der Waals surface area (Å²) in [6.45, 7) is 2.28. The molecule has 1 saturated heterocycles. The van der Waals surface area contributed by atoms with Crippen LogP contribution in [0.25, 0.3) is 11.3 Å². The van der Waals surface area contributed by atoms with Crippen molar-refractivity contribution < 1.29 is 9.18 Å². The van der Waals surface area contributed by atoms with Crippen LogP contribution in [0.1, 0.15) is 0 Å². The molecule has 0 bridgehead atoms. The van der Waals surface area contributed by atoms with Crippen molar-refractivity contribution in [1.29, 1.82) is 0 Å². The molecule has 1 aromatic carbocycles. The molecule has 4 rings (SSSR count). The molecule has 3 aromatic rings. The fraction of sp³-hybridized carbons (Fsp3) is 0.250. The standard InChI is InChI=1S/C20H19FN6O2/c21-16-3-1-15(2-4-16)17-11-18(24-13-23-17)25-7-9-26(10-8-25)20(29)12-27-14-22-6-5-19(27)28/h1-6,11,13-14H,7-10,12H2. The molecule has 1 aliphatic heterocycles. The SMILES string of the molecule is O=C(Cn1cnccc1=O)N1CCN(c2cc(-c3ccc(F)cc3)ncn2)CC1. The Kier molecular flexibility index (Phi) is 5.28. The van der Waals surface area contributed by atoms with Crippen LogP contribution in [0.3, 0.4) is 0 Å². The maximum atomic E-state index is 13.1. The van der Waals surface area contributed by atoms with Gasteiger partial charge in [-0.15, -0.1) is 0 Å². The van der Waals surface area contributed by atoms with E-state index in [0.29, 0.717) is 31.9 Å². The van der Waals surface area contributed by atoms with E-state index in [1.807, 2.05) is 6.07 Å². The predicted octanol–water partition coefficient (Wildman–Crippen LogP) is 1.19. The number of anilines is 1. The minimum Gasteiger partial charge on any atom is -0.353 e. The monoisotopic (exact) mass is 394 g/mol. The highest BCUT2D eigenvalue weighted by molar-refractivity contribution is 5.76. The molecule has 0 atom stereocenters. The Hall–Kier alpha value is -3.62. The Balaban J connectivity index is 1.40. The third-order valence-corrected chi connectivity index (χ3v) is 4.85. The third-order valence-electron chi connectivity index (χ3n) is 4.85. The second-order valence-electron chi connectivity index (χ2n) is 6.68. The smallest absolute Gasteiger partial charge is 0.253 e. The lowest BCUT2D eigenvalue weighted by molar-refractivity contribution is -0.132. The van der Waals surface area contributed by atoms with Crippen LogP contribution >= 0.6 is 0 Å². The molecule has 29 heavy (non-hydrogen) atoms. The Bertz CT molecular complexity index is 1060. The Morgan fingerprint density at radius 2 is 1.79 bits per heavy atom. The molecule has 8 nitrogen and oxygen atoms in total. The zero-order chi connectivity index (χ0) is 20.2. The minimum atomic E-state index is -0.294. The molecule has 9 heteroatoms. The molecular weight excluding hydrogens is 375 g/mol. The molecular formula is C20H19FN6O2. The van der Waals surface area contributed by atoms with E-state index in [1.165, 1.54) is 41.6 Å². The van der Waals surface area contributed by atoms with E-state index < -0.39 is 0 Å². The third kappa shape index (κ3) is 4.29. The Morgan fingerprint density at radius 3 is 2.52 bits per heavy atom. The fourth-order valence-electron chi connectivity index (χ4n) is 3.23. The van der Waals surface area contributed by atoms with Gasteiger partial charge in [0.25, 0.3) is 5.56 Å². The lowest BCUT2D eigenvalue weighted by Gasteiger charge is -2.35. The van der Waals surface area contributed by atoms with Crippen molar-refractivity contribution in [3.8, 4) is 11.3 Å². The first kappa shape index (κ1) is 18.7. The number of hydrogen-bond acceptors (Lipinski definition) is 6. The quantitative estimate of drug-likeness (QED) is 0.661. The number of amides is 1. The van der Waals surface area contributed by atoms with Crippen molar-refractivity contribution in [2.24, 2.45) is 0 Å². The van der Waals surface area contributed by atoms with E-state index in [9.17, 15) is 14.0 Å². The summed E-state index contributed by atoms with van der Waals surface area (Å²) in [6, 6.07) is 9.35. The van der Waals surface area contributed by atoms with Gasteiger partial charge in [-0.1, -0.05) is 0 Å². The second kappa shape index (κ2) is 8.17. The van der Waals surface area contributed by atoms with Crippen LogP contribution < -0.4 is 10.5 Å². The summed E-state index contributed by atoms with van der Waals surface area (Å²) in [5.41, 5.74) is 1.27. The van der Waals surface area contributed by atoms with Crippen molar-refractivity contribution in [2.75, 3.05) is 31.1 Å². The second-order valence-corrected chi connectivity index (χ2v) is 6.68. The zero-order valence-corrected chi connectivity index (χ0v) is 15.6. The topological polar surface area (TPSA) is 84.2 Å². The van der Waals surface area contributed by atoms with Gasteiger partial charge in [0, 0.05) is 50.1 Å². The van der Waals surface area contributed by atoms with Crippen molar-refractivity contribution in [3.05, 3.63) is 71.4 Å². The van der Waals surface area contributed by atoms with Crippen LogP contribution in [0.5, 0.6) is 0 Å². The van der Waals surface area contributed by atoms with Crippen molar-refractivity contribution in [1.82, 2.24) is 24.4 Å². The first-order chi connectivity index (χ1) is 14.1. The highest BCUT2D eigenvalue weighted by Gasteiger charge is 2.22. The molecule has 0 radical (unpaired) electrons. The zero-order valence-electron chi connectivity index (χ0n) is 15.6. The number of aromatic nitrogens is 4. The normalized spacial score (nSPS) is 14.1. The van der Waals surface area contributed by atoms with Crippen LogP contribution in [-0.4, -0.2) is 56.5 Å². The van der Waals surface area contributed by atoms with Crippen LogP contribution in [-0.2, 0) is 11.3 Å². The molecule has 148 valence electrons. The number of nitrogens with zero attached hydrogens (tertiary/aromatic N) is 6. The number of piperazine rings is 1.